The summed E-state index contributed by atoms with van der Waals surface area (Å²) >= 11 is 0. The van der Waals surface area contributed by atoms with Crippen LogP contribution >= 0.6 is 0 Å². The summed E-state index contributed by atoms with van der Waals surface area (Å²) in [4.78, 5) is 25.6. The van der Waals surface area contributed by atoms with E-state index in [2.05, 4.69) is 48.2 Å². The van der Waals surface area contributed by atoms with Crippen LogP contribution in [0.1, 0.15) is 46.1 Å². The minimum absolute atomic E-state index is 0.136. The molecule has 2 N–H and O–H groups in total. The molecule has 2 bridgehead atoms. The highest BCUT2D eigenvalue weighted by molar-refractivity contribution is 5.96. The van der Waals surface area contributed by atoms with Crippen molar-refractivity contribution in [3.63, 3.8) is 0 Å². The van der Waals surface area contributed by atoms with Crippen molar-refractivity contribution in [2.45, 2.75) is 65.6 Å². The maximum atomic E-state index is 14.4. The van der Waals surface area contributed by atoms with Crippen LogP contribution in [0.4, 0.5) is 10.1 Å². The third kappa shape index (κ3) is 5.39. The number of hydrogen-bond acceptors (Lipinski definition) is 5. The van der Waals surface area contributed by atoms with E-state index in [1.807, 2.05) is 18.2 Å². The third-order valence-electron chi connectivity index (χ3n) is 10.2. The lowest BCUT2D eigenvalue weighted by Gasteiger charge is -2.61. The van der Waals surface area contributed by atoms with Crippen LogP contribution in [0.25, 0.3) is 10.9 Å². The van der Waals surface area contributed by atoms with E-state index in [0.717, 1.165) is 49.5 Å². The van der Waals surface area contributed by atoms with E-state index in [0.29, 0.717) is 58.6 Å². The fourth-order valence-corrected chi connectivity index (χ4v) is 7.39. The summed E-state index contributed by atoms with van der Waals surface area (Å²) < 4.78 is 21.0. The molecule has 1 aromatic heterocycles. The predicted molar refractivity (Wildman–Crippen MR) is 166 cm³/mol. The van der Waals surface area contributed by atoms with Crippen molar-refractivity contribution in [1.29, 1.82) is 0 Å². The van der Waals surface area contributed by atoms with Crippen LogP contribution in [0, 0.1) is 29.0 Å². The number of rotatable bonds is 6. The molecule has 2 aromatic carbocycles. The molecule has 224 valence electrons. The Morgan fingerprint density at radius 1 is 1.21 bits per heavy atom. The number of piperazine rings is 1. The Kier molecular flexibility index (Phi) is 7.72. The number of aryl methyl sites for hydroxylation is 2. The smallest absolute Gasteiger partial charge is 0.261 e. The molecule has 8 nitrogen and oxygen atoms in total. The number of aliphatic imine (C=N–C) groups is 1. The minimum atomic E-state index is -0.341. The molecule has 3 aromatic rings. The molecule has 0 radical (unpaired) electrons. The predicted octanol–water partition coefficient (Wildman–Crippen LogP) is 4.92. The Morgan fingerprint density at radius 3 is 2.76 bits per heavy atom. The largest absolute Gasteiger partial charge is 0.497 e. The normalized spacial score (nSPS) is 27.0. The second kappa shape index (κ2) is 11.3. The zero-order chi connectivity index (χ0) is 29.6. The van der Waals surface area contributed by atoms with Gasteiger partial charge < -0.3 is 20.3 Å². The maximum Gasteiger partial charge on any atom is 0.261 e. The van der Waals surface area contributed by atoms with Crippen molar-refractivity contribution in [3.8, 4) is 5.75 Å². The number of ether oxygens (including phenoxy) is 1. The summed E-state index contributed by atoms with van der Waals surface area (Å²) in [6, 6.07) is 11.2. The van der Waals surface area contributed by atoms with Crippen molar-refractivity contribution >= 4 is 22.5 Å². The van der Waals surface area contributed by atoms with Crippen molar-refractivity contribution in [3.05, 3.63) is 64.5 Å². The van der Waals surface area contributed by atoms with Gasteiger partial charge in [-0.25, -0.2) is 14.4 Å². The summed E-state index contributed by atoms with van der Waals surface area (Å²) in [5.74, 6) is 3.05. The van der Waals surface area contributed by atoms with Gasteiger partial charge in [-0.15, -0.1) is 0 Å². The van der Waals surface area contributed by atoms with Gasteiger partial charge in [0.2, 0.25) is 0 Å². The van der Waals surface area contributed by atoms with Gasteiger partial charge in [0.05, 0.1) is 30.4 Å². The first-order chi connectivity index (χ1) is 20.1. The van der Waals surface area contributed by atoms with E-state index in [1.54, 1.807) is 23.0 Å². The lowest BCUT2D eigenvalue weighted by atomic mass is 9.45. The summed E-state index contributed by atoms with van der Waals surface area (Å²) in [7, 11) is 1.51. The highest BCUT2D eigenvalue weighted by Crippen LogP contribution is 2.61. The molecule has 1 aliphatic heterocycles. The highest BCUT2D eigenvalue weighted by atomic mass is 19.1. The maximum absolute atomic E-state index is 14.4. The van der Waals surface area contributed by atoms with Gasteiger partial charge >= 0.3 is 0 Å². The van der Waals surface area contributed by atoms with Crippen LogP contribution in [0.3, 0.4) is 0 Å². The van der Waals surface area contributed by atoms with Gasteiger partial charge in [0.25, 0.3) is 5.56 Å². The van der Waals surface area contributed by atoms with Crippen molar-refractivity contribution < 1.29 is 9.13 Å². The second-order valence-electron chi connectivity index (χ2n) is 13.1. The van der Waals surface area contributed by atoms with Crippen LogP contribution in [0.2, 0.25) is 0 Å². The number of anilines is 1. The first-order valence-corrected chi connectivity index (χ1v) is 15.3. The number of aromatic nitrogens is 2. The van der Waals surface area contributed by atoms with Crippen LogP contribution < -0.4 is 20.9 Å². The number of methoxy groups -OCH3 is 1. The van der Waals surface area contributed by atoms with Gasteiger partial charge in [0, 0.05) is 44.0 Å². The van der Waals surface area contributed by atoms with Gasteiger partial charge in [0.15, 0.2) is 5.96 Å². The number of halogens is 1. The number of guanidine groups is 1. The second-order valence-corrected chi connectivity index (χ2v) is 13.1. The van der Waals surface area contributed by atoms with E-state index >= 15 is 0 Å². The summed E-state index contributed by atoms with van der Waals surface area (Å²) in [5, 5.41) is 7.70. The molecule has 42 heavy (non-hydrogen) atoms. The van der Waals surface area contributed by atoms with Crippen molar-refractivity contribution in [1.82, 2.24) is 19.8 Å². The van der Waals surface area contributed by atoms with Gasteiger partial charge in [-0.2, -0.15) is 0 Å². The van der Waals surface area contributed by atoms with Crippen molar-refractivity contribution in [2.24, 2.45) is 28.2 Å². The SMILES string of the molecule is COc1ccc(CCn2cnc3cc(N/C(=N/[C@@H]4C[C@H]5C[C@@H]([C@@H]4C)C5(C)C)N4CCN[C@H](C)C4)ccc3c2=O)c(F)c1. The topological polar surface area (TPSA) is 83.8 Å². The molecule has 2 heterocycles. The Hall–Kier alpha value is -3.46. The molecule has 7 rings (SSSR count). The molecule has 0 amide bonds. The molecular weight excluding hydrogens is 531 g/mol. The van der Waals surface area contributed by atoms with E-state index in [-0.39, 0.29) is 11.4 Å². The standard InChI is InChI=1S/C33H43FN6O2/c1-20-18-39(13-11-35-20)32(38-29-15-23-14-27(21(29)2)33(23,3)4)37-24-7-9-26-30(16-24)36-19-40(31(26)41)12-10-22-6-8-25(42-5)17-28(22)34/h6-9,16-17,19-21,23,27,29,35H,10-15,18H2,1-5H3,(H,37,38)/t20-,21+,23-,27+,29-/m1/s1. The molecule has 9 heteroatoms. The first kappa shape index (κ1) is 28.6. The Bertz CT molecular complexity index is 1550. The molecule has 1 saturated heterocycles. The Labute approximate surface area is 247 Å². The zero-order valence-electron chi connectivity index (χ0n) is 25.4. The van der Waals surface area contributed by atoms with E-state index < -0.39 is 0 Å². The fourth-order valence-electron chi connectivity index (χ4n) is 7.39. The van der Waals surface area contributed by atoms with Gasteiger partial charge in [-0.3, -0.25) is 9.36 Å². The monoisotopic (exact) mass is 574 g/mol. The van der Waals surface area contributed by atoms with Crippen LogP contribution in [0.15, 0.2) is 52.5 Å². The number of nitrogens with one attached hydrogen (secondary N) is 2. The molecular formula is C33H43FN6O2. The average Bonchev–Trinajstić information content (AvgIpc) is 2.97. The lowest BCUT2D eigenvalue weighted by molar-refractivity contribution is -0.108. The molecule has 5 atom stereocenters. The number of benzene rings is 2. The van der Waals surface area contributed by atoms with Crippen LogP contribution in [0.5, 0.6) is 5.75 Å². The minimum Gasteiger partial charge on any atom is -0.497 e. The van der Waals surface area contributed by atoms with Crippen LogP contribution in [-0.4, -0.2) is 59.2 Å². The molecule has 0 spiro atoms. The van der Waals surface area contributed by atoms with E-state index in [1.165, 1.54) is 19.6 Å². The van der Waals surface area contributed by atoms with Crippen LogP contribution in [-0.2, 0) is 13.0 Å². The molecule has 3 aliphatic carbocycles. The van der Waals surface area contributed by atoms with Gasteiger partial charge in [-0.1, -0.05) is 26.8 Å². The lowest BCUT2D eigenvalue weighted by Crippen LogP contribution is -2.57. The molecule has 4 aliphatic rings. The quantitative estimate of drug-likeness (QED) is 0.321. The van der Waals surface area contributed by atoms with Crippen molar-refractivity contribution in [2.75, 3.05) is 32.1 Å². The summed E-state index contributed by atoms with van der Waals surface area (Å²) in [6.07, 6.45) is 4.40. The molecule has 3 saturated carbocycles. The fraction of sp³-hybridized carbons (Fsp3) is 0.545. The van der Waals surface area contributed by atoms with Gasteiger partial charge in [-0.05, 0) is 79.2 Å². The van der Waals surface area contributed by atoms with E-state index in [9.17, 15) is 9.18 Å². The molecule has 4 fully saturated rings. The molecule has 0 unspecified atom stereocenters. The average molecular weight is 575 g/mol. The summed E-state index contributed by atoms with van der Waals surface area (Å²) in [6.45, 7) is 12.5. The van der Waals surface area contributed by atoms with Gasteiger partial charge in [0.1, 0.15) is 11.6 Å². The summed E-state index contributed by atoms with van der Waals surface area (Å²) in [5.41, 5.74) is 2.31. The Balaban J connectivity index is 1.22. The first-order valence-electron chi connectivity index (χ1n) is 15.3. The van der Waals surface area contributed by atoms with E-state index in [4.69, 9.17) is 9.73 Å². The third-order valence-corrected chi connectivity index (χ3v) is 10.2. The zero-order valence-corrected chi connectivity index (χ0v) is 25.4. The Morgan fingerprint density at radius 2 is 2.05 bits per heavy atom. The number of nitrogens with zero attached hydrogens (tertiary/aromatic N) is 4. The number of fused-ring (bicyclic) bond motifs is 3. The highest BCUT2D eigenvalue weighted by Gasteiger charge is 2.56. The number of hydrogen-bond donors (Lipinski definition) is 2.